The normalized spacial score (nSPS) is 13.8. The summed E-state index contributed by atoms with van der Waals surface area (Å²) >= 11 is 0. The van der Waals surface area contributed by atoms with E-state index in [0.29, 0.717) is 50.1 Å². The zero-order valence-electron chi connectivity index (χ0n) is 22.7. The molecule has 42 heavy (non-hydrogen) atoms. The Morgan fingerprint density at radius 1 is 0.762 bits per heavy atom. The average molecular weight is 623 g/mol. The number of aryl methyl sites for hydroxylation is 1. The zero-order chi connectivity index (χ0) is 31.4. The summed E-state index contributed by atoms with van der Waals surface area (Å²) < 4.78 is 140. The molecule has 0 radical (unpaired) electrons. The van der Waals surface area contributed by atoms with Gasteiger partial charge in [-0.2, -0.15) is 39.5 Å². The number of nitrogens with zero attached hydrogens (tertiary/aromatic N) is 2. The molecule has 2 aromatic rings. The van der Waals surface area contributed by atoms with Crippen molar-refractivity contribution in [2.45, 2.75) is 88.8 Å². The first-order valence-corrected chi connectivity index (χ1v) is 13.2. The first kappa shape index (κ1) is 35.5. The fourth-order valence-corrected chi connectivity index (χ4v) is 3.59. The lowest BCUT2D eigenvalue weighted by Crippen LogP contribution is -2.53. The Balaban J connectivity index is 1.65. The first-order valence-electron chi connectivity index (χ1n) is 13.2. The molecule has 15 heteroatoms. The van der Waals surface area contributed by atoms with E-state index in [1.807, 2.05) is 31.2 Å². The molecule has 1 aromatic carbocycles. The molecule has 238 valence electrons. The van der Waals surface area contributed by atoms with Gasteiger partial charge in [-0.25, -0.2) is 19.1 Å². The molecular weight excluding hydrogens is 590 g/mol. The maximum absolute atomic E-state index is 13.5. The van der Waals surface area contributed by atoms with Gasteiger partial charge in [-0.3, -0.25) is 0 Å². The minimum atomic E-state index is -6.59. The van der Waals surface area contributed by atoms with Gasteiger partial charge in [0.15, 0.2) is 11.6 Å². The molecule has 2 rings (SSSR count). The second-order valence-corrected chi connectivity index (χ2v) is 9.52. The van der Waals surface area contributed by atoms with Crippen molar-refractivity contribution in [1.29, 1.82) is 0 Å². The molecule has 0 aliphatic rings. The van der Waals surface area contributed by atoms with E-state index in [-0.39, 0.29) is 13.0 Å². The monoisotopic (exact) mass is 622 g/mol. The van der Waals surface area contributed by atoms with Crippen molar-refractivity contribution in [3.05, 3.63) is 42.2 Å². The summed E-state index contributed by atoms with van der Waals surface area (Å²) in [5, 5.41) is 0. The summed E-state index contributed by atoms with van der Waals surface area (Å²) in [4.78, 5) is 8.52. The molecule has 5 nitrogen and oxygen atoms in total. The highest BCUT2D eigenvalue weighted by Crippen LogP contribution is 2.45. The Hall–Kier alpha value is -2.68. The molecule has 1 aromatic heterocycles. The smallest absolute Gasteiger partial charge is 0.483 e. The lowest BCUT2D eigenvalue weighted by Gasteiger charge is -2.30. The van der Waals surface area contributed by atoms with Crippen LogP contribution in [0.5, 0.6) is 5.75 Å². The Morgan fingerprint density at radius 3 is 1.98 bits per heavy atom. The molecule has 0 saturated heterocycles. The van der Waals surface area contributed by atoms with E-state index < -0.39 is 43.7 Å². The van der Waals surface area contributed by atoms with Crippen molar-refractivity contribution in [1.82, 2.24) is 9.97 Å². The van der Waals surface area contributed by atoms with Crippen LogP contribution < -0.4 is 4.74 Å². The van der Waals surface area contributed by atoms with E-state index in [1.165, 1.54) is 12.4 Å². The molecule has 0 aliphatic heterocycles. The van der Waals surface area contributed by atoms with Gasteiger partial charge in [0.2, 0.25) is 0 Å². The van der Waals surface area contributed by atoms with E-state index in [2.05, 4.69) is 19.4 Å². The van der Waals surface area contributed by atoms with Crippen LogP contribution in [0.1, 0.15) is 57.4 Å². The van der Waals surface area contributed by atoms with Crippen LogP contribution in [0.3, 0.4) is 0 Å². The van der Waals surface area contributed by atoms with Gasteiger partial charge < -0.3 is 9.47 Å². The van der Waals surface area contributed by atoms with Gasteiger partial charge in [0.05, 0.1) is 19.0 Å². The standard InChI is InChI=1S/C27H32F10N2O3/c1-2-7-21(28)13-15-41-22-16-38-23(39-17-22)20-11-9-19(10-12-20)8-5-3-4-6-14-40-18-24(29,30)26(34,35)42-27(36,37)25(31,32)33/h9-12,16-17,21H,2-8,13-15,18H2,1H3/t21-/m1/s1. The lowest BCUT2D eigenvalue weighted by atomic mass is 10.0. The van der Waals surface area contributed by atoms with Crippen LogP contribution in [0.2, 0.25) is 0 Å². The van der Waals surface area contributed by atoms with Gasteiger partial charge in [0.1, 0.15) is 12.8 Å². The van der Waals surface area contributed by atoms with Crippen LogP contribution in [0.25, 0.3) is 11.4 Å². The molecule has 0 fully saturated rings. The molecule has 0 N–H and O–H groups in total. The van der Waals surface area contributed by atoms with E-state index >= 15 is 0 Å². The Bertz CT molecular complexity index is 1050. The van der Waals surface area contributed by atoms with Crippen molar-refractivity contribution in [2.75, 3.05) is 19.8 Å². The van der Waals surface area contributed by atoms with Crippen LogP contribution in [0.15, 0.2) is 36.7 Å². The number of rotatable bonds is 19. The molecular formula is C27H32F10N2O3. The maximum Gasteiger partial charge on any atom is 0.483 e. The van der Waals surface area contributed by atoms with Crippen molar-refractivity contribution < 1.29 is 58.1 Å². The minimum absolute atomic E-state index is 0.171. The number of aromatic nitrogens is 2. The quantitative estimate of drug-likeness (QED) is 0.116. The molecule has 0 bridgehead atoms. The van der Waals surface area contributed by atoms with Crippen LogP contribution in [-0.4, -0.2) is 60.3 Å². The minimum Gasteiger partial charge on any atom is -0.490 e. The third-order valence-electron chi connectivity index (χ3n) is 5.94. The fraction of sp³-hybridized carbons (Fsp3) is 0.630. The second kappa shape index (κ2) is 15.7. The Morgan fingerprint density at radius 2 is 1.38 bits per heavy atom. The SMILES string of the molecule is CCC[C@@H](F)CCOc1cnc(-c2ccc(CCCCCCOCC(F)(F)C(F)(F)OC(F)(F)C(F)(F)F)cc2)nc1. The summed E-state index contributed by atoms with van der Waals surface area (Å²) in [5.74, 6) is -4.49. The highest BCUT2D eigenvalue weighted by Gasteiger charge is 2.70. The summed E-state index contributed by atoms with van der Waals surface area (Å²) in [7, 11) is 0. The average Bonchev–Trinajstić information content (AvgIpc) is 2.90. The van der Waals surface area contributed by atoms with Crippen LogP contribution in [0.4, 0.5) is 43.9 Å². The maximum atomic E-state index is 13.5. The summed E-state index contributed by atoms with van der Waals surface area (Å²) in [6, 6.07) is 7.44. The van der Waals surface area contributed by atoms with Crippen LogP contribution >= 0.6 is 0 Å². The van der Waals surface area contributed by atoms with Crippen LogP contribution in [-0.2, 0) is 15.9 Å². The highest BCUT2D eigenvalue weighted by atomic mass is 19.4. The number of halogens is 10. The lowest BCUT2D eigenvalue weighted by molar-refractivity contribution is -0.487. The largest absolute Gasteiger partial charge is 0.490 e. The Labute approximate surface area is 236 Å². The molecule has 0 spiro atoms. The van der Waals surface area contributed by atoms with Gasteiger partial charge in [-0.05, 0) is 31.2 Å². The molecule has 1 heterocycles. The molecule has 1 atom stereocenters. The van der Waals surface area contributed by atoms with E-state index in [4.69, 9.17) is 4.74 Å². The third kappa shape index (κ3) is 11.2. The van der Waals surface area contributed by atoms with Crippen molar-refractivity contribution in [2.24, 2.45) is 0 Å². The predicted molar refractivity (Wildman–Crippen MR) is 132 cm³/mol. The van der Waals surface area contributed by atoms with Gasteiger partial charge in [-0.15, -0.1) is 0 Å². The molecule has 0 saturated carbocycles. The zero-order valence-corrected chi connectivity index (χ0v) is 22.7. The number of hydrogen-bond acceptors (Lipinski definition) is 5. The van der Waals surface area contributed by atoms with E-state index in [9.17, 15) is 43.9 Å². The predicted octanol–water partition coefficient (Wildman–Crippen LogP) is 8.57. The van der Waals surface area contributed by atoms with Crippen LogP contribution in [0, 0.1) is 0 Å². The second-order valence-electron chi connectivity index (χ2n) is 9.52. The van der Waals surface area contributed by atoms with Gasteiger partial charge in [0.25, 0.3) is 0 Å². The number of unbranched alkanes of at least 4 members (excludes halogenated alkanes) is 3. The fourth-order valence-electron chi connectivity index (χ4n) is 3.59. The number of hydrogen-bond donors (Lipinski definition) is 0. The number of benzene rings is 1. The number of ether oxygens (including phenoxy) is 3. The third-order valence-corrected chi connectivity index (χ3v) is 5.94. The summed E-state index contributed by atoms with van der Waals surface area (Å²) in [5.41, 5.74) is 1.77. The van der Waals surface area contributed by atoms with Gasteiger partial charge >= 0.3 is 24.3 Å². The van der Waals surface area contributed by atoms with Gasteiger partial charge in [-0.1, -0.05) is 50.5 Å². The van der Waals surface area contributed by atoms with Crippen molar-refractivity contribution in [3.8, 4) is 17.1 Å². The van der Waals surface area contributed by atoms with Gasteiger partial charge in [0, 0.05) is 18.6 Å². The summed E-state index contributed by atoms with van der Waals surface area (Å²) in [6.07, 6.45) is -12.8. The molecule has 0 unspecified atom stereocenters. The van der Waals surface area contributed by atoms with Crippen molar-refractivity contribution in [3.63, 3.8) is 0 Å². The van der Waals surface area contributed by atoms with Crippen molar-refractivity contribution >= 4 is 0 Å². The number of alkyl halides is 10. The van der Waals surface area contributed by atoms with E-state index in [0.717, 1.165) is 17.5 Å². The topological polar surface area (TPSA) is 53.5 Å². The highest BCUT2D eigenvalue weighted by molar-refractivity contribution is 5.55. The Kier molecular flexibility index (Phi) is 13.3. The first-order chi connectivity index (χ1) is 19.6. The molecule has 0 aliphatic carbocycles. The van der Waals surface area contributed by atoms with E-state index in [1.54, 1.807) is 0 Å². The summed E-state index contributed by atoms with van der Waals surface area (Å²) in [6.45, 7) is -0.391. The molecule has 0 amide bonds.